The monoisotopic (exact) mass is 250 g/mol. The van der Waals surface area contributed by atoms with Crippen LogP contribution >= 0.6 is 0 Å². The van der Waals surface area contributed by atoms with Crippen molar-refractivity contribution in [3.05, 3.63) is 35.4 Å². The second kappa shape index (κ2) is 6.52. The molecular weight excluding hydrogens is 232 g/mol. The topological polar surface area (TPSA) is 55.8 Å². The lowest BCUT2D eigenvalue weighted by atomic mass is 10.1. The number of carbonyl (C=O) groups is 1. The van der Waals surface area contributed by atoms with Gasteiger partial charge in [0, 0.05) is 6.61 Å². The van der Waals surface area contributed by atoms with Crippen LogP contribution in [0.1, 0.15) is 24.0 Å². The van der Waals surface area contributed by atoms with Crippen LogP contribution < -0.4 is 0 Å². The fraction of sp³-hybridized carbons (Fsp3) is 0.500. The van der Waals surface area contributed by atoms with Gasteiger partial charge in [-0.05, 0) is 24.0 Å². The molecule has 1 aliphatic rings. The molecule has 0 aromatic heterocycles. The number of carboxylic acids is 1. The molecule has 1 aliphatic heterocycles. The van der Waals surface area contributed by atoms with Crippen molar-refractivity contribution in [3.63, 3.8) is 0 Å². The molecular formula is C14H18O4. The van der Waals surface area contributed by atoms with E-state index in [4.69, 9.17) is 14.6 Å². The molecule has 1 aromatic rings. The third kappa shape index (κ3) is 4.13. The minimum atomic E-state index is -0.808. The molecule has 4 nitrogen and oxygen atoms in total. The van der Waals surface area contributed by atoms with Gasteiger partial charge in [0.2, 0.25) is 0 Å². The quantitative estimate of drug-likeness (QED) is 0.839. The first-order valence-electron chi connectivity index (χ1n) is 6.23. The lowest BCUT2D eigenvalue weighted by Gasteiger charge is -2.10. The van der Waals surface area contributed by atoms with Crippen molar-refractivity contribution in [1.82, 2.24) is 0 Å². The van der Waals surface area contributed by atoms with Crippen LogP contribution in [0.25, 0.3) is 0 Å². The lowest BCUT2D eigenvalue weighted by Crippen LogP contribution is -2.13. The summed E-state index contributed by atoms with van der Waals surface area (Å²) in [6, 6.07) is 7.49. The summed E-state index contributed by atoms with van der Waals surface area (Å²) in [5.41, 5.74) is 1.87. The minimum Gasteiger partial charge on any atom is -0.481 e. The highest BCUT2D eigenvalue weighted by Gasteiger charge is 2.15. The van der Waals surface area contributed by atoms with Gasteiger partial charge in [-0.3, -0.25) is 4.79 Å². The van der Waals surface area contributed by atoms with E-state index in [1.807, 2.05) is 24.3 Å². The Kier molecular flexibility index (Phi) is 4.73. The van der Waals surface area contributed by atoms with E-state index < -0.39 is 5.97 Å². The molecule has 1 aromatic carbocycles. The number of benzene rings is 1. The third-order valence-corrected chi connectivity index (χ3v) is 2.97. The van der Waals surface area contributed by atoms with Crippen LogP contribution in [0.15, 0.2) is 24.3 Å². The van der Waals surface area contributed by atoms with Crippen molar-refractivity contribution in [1.29, 1.82) is 0 Å². The summed E-state index contributed by atoms with van der Waals surface area (Å²) in [6.45, 7) is 2.03. The van der Waals surface area contributed by atoms with Crippen LogP contribution in [0.2, 0.25) is 0 Å². The van der Waals surface area contributed by atoms with E-state index >= 15 is 0 Å². The van der Waals surface area contributed by atoms with E-state index in [-0.39, 0.29) is 12.5 Å². The van der Waals surface area contributed by atoms with Crippen molar-refractivity contribution in [2.75, 3.05) is 13.2 Å². The molecule has 1 fully saturated rings. The summed E-state index contributed by atoms with van der Waals surface area (Å²) in [4.78, 5) is 10.5. The van der Waals surface area contributed by atoms with Gasteiger partial charge >= 0.3 is 5.97 Å². The number of aliphatic carboxylic acids is 1. The number of ether oxygens (including phenoxy) is 2. The Morgan fingerprint density at radius 2 is 2.06 bits per heavy atom. The van der Waals surface area contributed by atoms with Crippen molar-refractivity contribution in [2.24, 2.45) is 0 Å². The van der Waals surface area contributed by atoms with Crippen LogP contribution in [-0.4, -0.2) is 30.4 Å². The van der Waals surface area contributed by atoms with Gasteiger partial charge in [-0.25, -0.2) is 0 Å². The Labute approximate surface area is 107 Å². The maximum Gasteiger partial charge on any atom is 0.307 e. The standard InChI is InChI=1S/C14H18O4/c15-14(16)8-11-3-5-12(6-4-11)9-17-10-13-2-1-7-18-13/h3-6,13H,1-2,7-10H2,(H,15,16). The highest BCUT2D eigenvalue weighted by molar-refractivity contribution is 5.70. The summed E-state index contributed by atoms with van der Waals surface area (Å²) < 4.78 is 11.0. The zero-order chi connectivity index (χ0) is 12.8. The van der Waals surface area contributed by atoms with Gasteiger partial charge in [-0.15, -0.1) is 0 Å². The van der Waals surface area contributed by atoms with Crippen molar-refractivity contribution in [2.45, 2.75) is 32.0 Å². The first-order valence-corrected chi connectivity index (χ1v) is 6.23. The molecule has 1 unspecified atom stereocenters. The Morgan fingerprint density at radius 1 is 1.33 bits per heavy atom. The number of hydrogen-bond acceptors (Lipinski definition) is 3. The molecule has 1 atom stereocenters. The van der Waals surface area contributed by atoms with Crippen LogP contribution in [0.3, 0.4) is 0 Å². The number of hydrogen-bond donors (Lipinski definition) is 1. The van der Waals surface area contributed by atoms with E-state index in [0.717, 1.165) is 30.6 Å². The first kappa shape index (κ1) is 13.1. The second-order valence-corrected chi connectivity index (χ2v) is 4.54. The molecule has 0 aliphatic carbocycles. The predicted octanol–water partition coefficient (Wildman–Crippen LogP) is 2.01. The molecule has 0 spiro atoms. The largest absolute Gasteiger partial charge is 0.481 e. The zero-order valence-electron chi connectivity index (χ0n) is 10.3. The Balaban J connectivity index is 1.73. The van der Waals surface area contributed by atoms with E-state index in [2.05, 4.69) is 0 Å². The number of rotatable bonds is 6. The number of carboxylic acid groups (broad SMARTS) is 1. The molecule has 98 valence electrons. The molecule has 0 radical (unpaired) electrons. The fourth-order valence-corrected chi connectivity index (χ4v) is 2.01. The molecule has 2 rings (SSSR count). The summed E-state index contributed by atoms with van der Waals surface area (Å²) in [5.74, 6) is -0.808. The van der Waals surface area contributed by atoms with Crippen molar-refractivity contribution < 1.29 is 19.4 Å². The van der Waals surface area contributed by atoms with Crippen LogP contribution in [0, 0.1) is 0 Å². The third-order valence-electron chi connectivity index (χ3n) is 2.97. The maximum absolute atomic E-state index is 10.5. The Morgan fingerprint density at radius 3 is 2.67 bits per heavy atom. The zero-order valence-corrected chi connectivity index (χ0v) is 10.3. The van der Waals surface area contributed by atoms with Gasteiger partial charge in [0.15, 0.2) is 0 Å². The van der Waals surface area contributed by atoms with E-state index in [9.17, 15) is 4.79 Å². The maximum atomic E-state index is 10.5. The summed E-state index contributed by atoms with van der Waals surface area (Å²) in [6.07, 6.45) is 2.52. The molecule has 1 N–H and O–H groups in total. The van der Waals surface area contributed by atoms with Gasteiger partial charge in [-0.2, -0.15) is 0 Å². The predicted molar refractivity (Wildman–Crippen MR) is 66.4 cm³/mol. The van der Waals surface area contributed by atoms with Gasteiger partial charge < -0.3 is 14.6 Å². The van der Waals surface area contributed by atoms with E-state index in [1.165, 1.54) is 0 Å². The highest BCUT2D eigenvalue weighted by atomic mass is 16.5. The smallest absolute Gasteiger partial charge is 0.307 e. The molecule has 0 bridgehead atoms. The molecule has 1 saturated heterocycles. The molecule has 18 heavy (non-hydrogen) atoms. The molecule has 0 saturated carbocycles. The fourth-order valence-electron chi connectivity index (χ4n) is 2.01. The average molecular weight is 250 g/mol. The molecule has 1 heterocycles. The molecule has 4 heteroatoms. The summed E-state index contributed by atoms with van der Waals surface area (Å²) in [7, 11) is 0. The lowest BCUT2D eigenvalue weighted by molar-refractivity contribution is -0.136. The Bertz CT molecular complexity index is 379. The van der Waals surface area contributed by atoms with E-state index in [1.54, 1.807) is 0 Å². The van der Waals surface area contributed by atoms with Gasteiger partial charge in [0.1, 0.15) is 0 Å². The van der Waals surface area contributed by atoms with Gasteiger partial charge in [-0.1, -0.05) is 24.3 Å². The average Bonchev–Trinajstić information content (AvgIpc) is 2.84. The van der Waals surface area contributed by atoms with Gasteiger partial charge in [0.05, 0.1) is 25.7 Å². The van der Waals surface area contributed by atoms with Crippen LogP contribution in [0.5, 0.6) is 0 Å². The first-order chi connectivity index (χ1) is 8.74. The van der Waals surface area contributed by atoms with Crippen molar-refractivity contribution in [3.8, 4) is 0 Å². The van der Waals surface area contributed by atoms with E-state index in [0.29, 0.717) is 13.2 Å². The second-order valence-electron chi connectivity index (χ2n) is 4.54. The van der Waals surface area contributed by atoms with Crippen LogP contribution in [0.4, 0.5) is 0 Å². The SMILES string of the molecule is O=C(O)Cc1ccc(COCC2CCCO2)cc1. The summed E-state index contributed by atoms with van der Waals surface area (Å²) in [5, 5.41) is 8.66. The van der Waals surface area contributed by atoms with Crippen molar-refractivity contribution >= 4 is 5.97 Å². The molecule has 0 amide bonds. The normalized spacial score (nSPS) is 19.0. The Hall–Kier alpha value is -1.39. The summed E-state index contributed by atoms with van der Waals surface area (Å²) >= 11 is 0. The highest BCUT2D eigenvalue weighted by Crippen LogP contribution is 2.13. The van der Waals surface area contributed by atoms with Gasteiger partial charge in [0.25, 0.3) is 0 Å². The minimum absolute atomic E-state index is 0.0665. The van der Waals surface area contributed by atoms with Crippen LogP contribution in [-0.2, 0) is 27.3 Å².